The van der Waals surface area contributed by atoms with Crippen molar-refractivity contribution in [3.63, 3.8) is 0 Å². The van der Waals surface area contributed by atoms with Gasteiger partial charge < -0.3 is 9.84 Å². The molecule has 0 saturated heterocycles. The molecular formula is C20H15NO3. The zero-order chi connectivity index (χ0) is 16.5. The third kappa shape index (κ3) is 2.52. The Kier molecular flexibility index (Phi) is 3.50. The predicted octanol–water partition coefficient (Wildman–Crippen LogP) is 1.85. The van der Waals surface area contributed by atoms with E-state index in [0.717, 1.165) is 5.56 Å². The average Bonchev–Trinajstić information content (AvgIpc) is 2.99. The van der Waals surface area contributed by atoms with Gasteiger partial charge in [0, 0.05) is 6.21 Å². The van der Waals surface area contributed by atoms with Gasteiger partial charge in [0.2, 0.25) is 0 Å². The average molecular weight is 317 g/mol. The Hall–Kier alpha value is -3.14. The molecule has 0 bridgehead atoms. The number of ether oxygens (including phenoxy) is 1. The number of benzene rings is 2. The molecule has 4 heteroatoms. The van der Waals surface area contributed by atoms with Crippen LogP contribution in [0.4, 0.5) is 0 Å². The van der Waals surface area contributed by atoms with Gasteiger partial charge in [0.1, 0.15) is 11.8 Å². The van der Waals surface area contributed by atoms with Crippen molar-refractivity contribution in [3.05, 3.63) is 76.2 Å². The van der Waals surface area contributed by atoms with Crippen LogP contribution in [0.15, 0.2) is 65.2 Å². The second-order valence-electron chi connectivity index (χ2n) is 5.72. The molecule has 0 fully saturated rings. The van der Waals surface area contributed by atoms with Gasteiger partial charge in [-0.05, 0) is 51.4 Å². The van der Waals surface area contributed by atoms with Gasteiger partial charge in [-0.3, -0.25) is 4.99 Å². The van der Waals surface area contributed by atoms with Crippen molar-refractivity contribution in [2.24, 2.45) is 4.99 Å². The van der Waals surface area contributed by atoms with Crippen molar-refractivity contribution in [1.82, 2.24) is 0 Å². The molecule has 1 aliphatic heterocycles. The van der Waals surface area contributed by atoms with E-state index in [4.69, 9.17) is 9.84 Å². The predicted molar refractivity (Wildman–Crippen MR) is 92.5 cm³/mol. The van der Waals surface area contributed by atoms with Gasteiger partial charge in [0.05, 0.1) is 0 Å². The number of hydrogen-bond acceptors (Lipinski definition) is 3. The number of carboxylic acid groups (broad SMARTS) is 1. The Morgan fingerprint density at radius 3 is 2.71 bits per heavy atom. The third-order valence-electron chi connectivity index (χ3n) is 4.19. The molecule has 0 spiro atoms. The van der Waals surface area contributed by atoms with E-state index in [0.29, 0.717) is 5.75 Å². The van der Waals surface area contributed by atoms with Crippen LogP contribution in [0.5, 0.6) is 5.75 Å². The summed E-state index contributed by atoms with van der Waals surface area (Å²) in [5, 5.41) is 11.1. The van der Waals surface area contributed by atoms with E-state index >= 15 is 0 Å². The molecule has 2 aromatic carbocycles. The fourth-order valence-electron chi connectivity index (χ4n) is 3.14. The van der Waals surface area contributed by atoms with E-state index in [1.807, 2.05) is 36.6 Å². The quantitative estimate of drug-likeness (QED) is 0.936. The summed E-state index contributed by atoms with van der Waals surface area (Å²) in [6.45, 7) is -0.340. The molecule has 4 nitrogen and oxygen atoms in total. The second-order valence-corrected chi connectivity index (χ2v) is 5.72. The zero-order valence-electron chi connectivity index (χ0n) is 12.8. The van der Waals surface area contributed by atoms with Crippen molar-refractivity contribution in [1.29, 1.82) is 0 Å². The Bertz CT molecular complexity index is 984. The minimum atomic E-state index is -0.987. The first kappa shape index (κ1) is 14.5. The standard InChI is InChI=1S/C20H15NO3/c22-18(23)12-24-16-7-5-13(6-8-16)20-19-15(9-10-21-20)11-14-3-1-2-4-17(14)19/h1-11,20H,12H2,(H,22,23). The maximum atomic E-state index is 10.6. The van der Waals surface area contributed by atoms with Crippen molar-refractivity contribution in [2.75, 3.05) is 6.61 Å². The van der Waals surface area contributed by atoms with Gasteiger partial charge in [-0.1, -0.05) is 36.4 Å². The topological polar surface area (TPSA) is 58.9 Å². The Morgan fingerprint density at radius 1 is 1.12 bits per heavy atom. The van der Waals surface area contributed by atoms with Crippen LogP contribution >= 0.6 is 0 Å². The van der Waals surface area contributed by atoms with E-state index in [2.05, 4.69) is 23.2 Å². The molecule has 0 saturated carbocycles. The summed E-state index contributed by atoms with van der Waals surface area (Å²) in [6, 6.07) is 15.7. The monoisotopic (exact) mass is 317 g/mol. The molecule has 1 atom stereocenters. The Balaban J connectivity index is 1.70. The van der Waals surface area contributed by atoms with Gasteiger partial charge in [-0.2, -0.15) is 0 Å². The highest BCUT2D eigenvalue weighted by Crippen LogP contribution is 2.35. The highest BCUT2D eigenvalue weighted by molar-refractivity contribution is 5.94. The zero-order valence-corrected chi connectivity index (χ0v) is 12.8. The summed E-state index contributed by atoms with van der Waals surface area (Å²) in [7, 11) is 0. The third-order valence-corrected chi connectivity index (χ3v) is 4.19. The molecule has 1 heterocycles. The summed E-state index contributed by atoms with van der Waals surface area (Å²) in [4.78, 5) is 15.2. The molecule has 118 valence electrons. The smallest absolute Gasteiger partial charge is 0.341 e. The molecule has 0 radical (unpaired) electrons. The van der Waals surface area contributed by atoms with Crippen LogP contribution in [0.25, 0.3) is 11.6 Å². The molecule has 0 aromatic heterocycles. The van der Waals surface area contributed by atoms with Gasteiger partial charge in [-0.25, -0.2) is 4.79 Å². The number of hydrogen-bond donors (Lipinski definition) is 1. The summed E-state index contributed by atoms with van der Waals surface area (Å²) >= 11 is 0. The lowest BCUT2D eigenvalue weighted by Crippen LogP contribution is -2.23. The van der Waals surface area contributed by atoms with Gasteiger partial charge in [0.25, 0.3) is 0 Å². The van der Waals surface area contributed by atoms with E-state index in [1.165, 1.54) is 21.6 Å². The molecule has 1 N–H and O–H groups in total. The number of aliphatic imine (C=N–C) groups is 1. The Morgan fingerprint density at radius 2 is 1.92 bits per heavy atom. The van der Waals surface area contributed by atoms with Crippen molar-refractivity contribution < 1.29 is 14.6 Å². The summed E-state index contributed by atoms with van der Waals surface area (Å²) in [5.41, 5.74) is 3.47. The van der Waals surface area contributed by atoms with Gasteiger partial charge in [-0.15, -0.1) is 0 Å². The largest absolute Gasteiger partial charge is 0.482 e. The minimum Gasteiger partial charge on any atom is -0.482 e. The molecule has 0 amide bonds. The fourth-order valence-corrected chi connectivity index (χ4v) is 3.14. The summed E-state index contributed by atoms with van der Waals surface area (Å²) in [5.74, 6) is -0.445. The van der Waals surface area contributed by atoms with Crippen LogP contribution in [0, 0.1) is 0 Å². The second kappa shape index (κ2) is 5.81. The molecular weight excluding hydrogens is 302 g/mol. The molecule has 1 aliphatic carbocycles. The van der Waals surface area contributed by atoms with Gasteiger partial charge in [0.15, 0.2) is 6.61 Å². The molecule has 4 rings (SSSR count). The number of dihydropyridines is 1. The first-order chi connectivity index (χ1) is 11.7. The van der Waals surface area contributed by atoms with Crippen molar-refractivity contribution in [2.45, 2.75) is 6.04 Å². The normalized spacial score (nSPS) is 17.6. The fraction of sp³-hybridized carbons (Fsp3) is 0.100. The van der Waals surface area contributed by atoms with Gasteiger partial charge >= 0.3 is 5.97 Å². The van der Waals surface area contributed by atoms with E-state index in [1.54, 1.807) is 12.1 Å². The first-order valence-electron chi connectivity index (χ1n) is 7.72. The lowest BCUT2D eigenvalue weighted by atomic mass is 9.92. The lowest BCUT2D eigenvalue weighted by Gasteiger charge is -2.19. The van der Waals surface area contributed by atoms with E-state index in [9.17, 15) is 4.79 Å². The van der Waals surface area contributed by atoms with Crippen LogP contribution in [0.2, 0.25) is 0 Å². The molecule has 2 aromatic rings. The lowest BCUT2D eigenvalue weighted by molar-refractivity contribution is -0.139. The molecule has 2 aliphatic rings. The summed E-state index contributed by atoms with van der Waals surface area (Å²) < 4.78 is 5.19. The highest BCUT2D eigenvalue weighted by Gasteiger charge is 2.23. The van der Waals surface area contributed by atoms with Crippen LogP contribution in [-0.2, 0) is 4.79 Å². The number of nitrogens with zero attached hydrogens (tertiary/aromatic N) is 1. The Labute approximate surface area is 138 Å². The van der Waals surface area contributed by atoms with E-state index in [-0.39, 0.29) is 12.6 Å². The van der Waals surface area contributed by atoms with Crippen molar-refractivity contribution in [3.8, 4) is 5.75 Å². The number of carbonyl (C=O) groups is 1. The van der Waals surface area contributed by atoms with E-state index < -0.39 is 5.97 Å². The van der Waals surface area contributed by atoms with Crippen LogP contribution in [0.1, 0.15) is 11.6 Å². The maximum Gasteiger partial charge on any atom is 0.341 e. The first-order valence-corrected chi connectivity index (χ1v) is 7.72. The number of allylic oxidation sites excluding steroid dienone is 1. The van der Waals surface area contributed by atoms with Crippen LogP contribution < -0.4 is 15.2 Å². The molecule has 24 heavy (non-hydrogen) atoms. The van der Waals surface area contributed by atoms with Crippen molar-refractivity contribution >= 4 is 23.8 Å². The van der Waals surface area contributed by atoms with Crippen LogP contribution in [0.3, 0.4) is 0 Å². The number of aliphatic carboxylic acids is 1. The number of fused-ring (bicyclic) bond motifs is 2. The molecule has 1 unspecified atom stereocenters. The SMILES string of the molecule is O=C(O)COc1ccc(C2N=CC=C3C=c4ccccc4=C32)cc1. The highest BCUT2D eigenvalue weighted by atomic mass is 16.5. The van der Waals surface area contributed by atoms with Crippen LogP contribution in [-0.4, -0.2) is 23.9 Å². The number of carboxylic acids is 1. The maximum absolute atomic E-state index is 10.6. The summed E-state index contributed by atoms with van der Waals surface area (Å²) in [6.07, 6.45) is 6.07. The number of rotatable bonds is 4. The minimum absolute atomic E-state index is 0.0570.